The van der Waals surface area contributed by atoms with Crippen molar-refractivity contribution < 1.29 is 18.0 Å². The van der Waals surface area contributed by atoms with E-state index in [0.29, 0.717) is 17.1 Å². The summed E-state index contributed by atoms with van der Waals surface area (Å²) in [5.41, 5.74) is 1.17. The van der Waals surface area contributed by atoms with E-state index in [9.17, 15) is 18.0 Å². The highest BCUT2D eigenvalue weighted by molar-refractivity contribution is 9.10. The van der Waals surface area contributed by atoms with Gasteiger partial charge in [0.05, 0.1) is 11.9 Å². The van der Waals surface area contributed by atoms with Crippen molar-refractivity contribution in [3.63, 3.8) is 0 Å². The second-order valence-corrected chi connectivity index (χ2v) is 12.4. The summed E-state index contributed by atoms with van der Waals surface area (Å²) in [5.74, 6) is -0.662. The van der Waals surface area contributed by atoms with E-state index < -0.39 is 28.5 Å². The number of anilines is 1. The molecule has 1 aliphatic carbocycles. The fourth-order valence-electron chi connectivity index (χ4n) is 4.47. The van der Waals surface area contributed by atoms with Crippen LogP contribution in [0.1, 0.15) is 51.0 Å². The van der Waals surface area contributed by atoms with E-state index in [1.165, 1.54) is 11.3 Å². The third-order valence-electron chi connectivity index (χ3n) is 6.40. The molecule has 0 radical (unpaired) electrons. The van der Waals surface area contributed by atoms with Crippen molar-refractivity contribution >= 4 is 55.1 Å². The zero-order valence-electron chi connectivity index (χ0n) is 20.6. The maximum absolute atomic E-state index is 13.7. The number of carbonyl (C=O) groups excluding carboxylic acids is 2. The van der Waals surface area contributed by atoms with Gasteiger partial charge in [-0.15, -0.1) is 0 Å². The van der Waals surface area contributed by atoms with E-state index in [1.54, 1.807) is 48.5 Å². The smallest absolute Gasteiger partial charge is 0.244 e. The summed E-state index contributed by atoms with van der Waals surface area (Å²) in [6.45, 7) is 1.60. The molecule has 3 rings (SSSR count). The molecule has 196 valence electrons. The minimum Gasteiger partial charge on any atom is -0.352 e. The van der Waals surface area contributed by atoms with Gasteiger partial charge in [-0.1, -0.05) is 65.8 Å². The average Bonchev–Trinajstić information content (AvgIpc) is 2.84. The molecule has 1 unspecified atom stereocenters. The number of amides is 2. The molecule has 10 heteroatoms. The van der Waals surface area contributed by atoms with Crippen molar-refractivity contribution in [1.29, 1.82) is 0 Å². The molecule has 2 aromatic rings. The molecule has 1 N–H and O–H groups in total. The Kier molecular flexibility index (Phi) is 10.2. The molecule has 0 spiro atoms. The van der Waals surface area contributed by atoms with E-state index in [1.807, 2.05) is 6.92 Å². The first-order chi connectivity index (χ1) is 17.1. The molecule has 7 nitrogen and oxygen atoms in total. The highest BCUT2D eigenvalue weighted by atomic mass is 79.9. The van der Waals surface area contributed by atoms with Crippen LogP contribution in [0.5, 0.6) is 0 Å². The van der Waals surface area contributed by atoms with Crippen LogP contribution in [-0.2, 0) is 26.2 Å². The standard InChI is InChI=1S/C26H33BrClN3O4S/c1-3-24(26(33)29-22-7-5-4-6-8-22)30(17-19-9-13-21(28)14-10-19)25(32)18-31(36(2,34)35)23-15-11-20(27)12-16-23/h9-16,22,24H,3-8,17-18H2,1-2H3,(H,29,33). The molecule has 0 saturated heterocycles. The van der Waals surface area contributed by atoms with Gasteiger partial charge in [0, 0.05) is 22.1 Å². The first kappa shape index (κ1) is 28.5. The van der Waals surface area contributed by atoms with Gasteiger partial charge in [0.1, 0.15) is 12.6 Å². The third-order valence-corrected chi connectivity index (χ3v) is 8.32. The van der Waals surface area contributed by atoms with Crippen LogP contribution in [0.15, 0.2) is 53.0 Å². The van der Waals surface area contributed by atoms with Gasteiger partial charge in [0.2, 0.25) is 21.8 Å². The lowest BCUT2D eigenvalue weighted by Gasteiger charge is -2.34. The molecule has 1 aliphatic rings. The second-order valence-electron chi connectivity index (χ2n) is 9.16. The number of nitrogens with one attached hydrogen (secondary N) is 1. The molecule has 0 aromatic heterocycles. The van der Waals surface area contributed by atoms with Crippen LogP contribution in [0, 0.1) is 0 Å². The maximum atomic E-state index is 13.7. The number of rotatable bonds is 10. The van der Waals surface area contributed by atoms with Crippen LogP contribution in [0.2, 0.25) is 5.02 Å². The molecule has 1 fully saturated rings. The fourth-order valence-corrected chi connectivity index (χ4v) is 5.71. The third kappa shape index (κ3) is 7.95. The number of sulfonamides is 1. The Hall–Kier alpha value is -2.10. The molecule has 1 saturated carbocycles. The quantitative estimate of drug-likeness (QED) is 0.411. The van der Waals surface area contributed by atoms with Gasteiger partial charge < -0.3 is 10.2 Å². The van der Waals surface area contributed by atoms with Gasteiger partial charge >= 0.3 is 0 Å². The monoisotopic (exact) mass is 597 g/mol. The fraction of sp³-hybridized carbons (Fsp3) is 0.462. The summed E-state index contributed by atoms with van der Waals surface area (Å²) in [6, 6.07) is 13.1. The zero-order chi connectivity index (χ0) is 26.3. The van der Waals surface area contributed by atoms with Crippen molar-refractivity contribution in [2.45, 2.75) is 64.1 Å². The van der Waals surface area contributed by atoms with Gasteiger partial charge in [-0.2, -0.15) is 0 Å². The molecule has 0 bridgehead atoms. The second kappa shape index (κ2) is 12.9. The predicted molar refractivity (Wildman–Crippen MR) is 147 cm³/mol. The molecular weight excluding hydrogens is 566 g/mol. The number of carbonyl (C=O) groups is 2. The summed E-state index contributed by atoms with van der Waals surface area (Å²) in [5, 5.41) is 3.70. The molecule has 0 aliphatic heterocycles. The van der Waals surface area contributed by atoms with E-state index in [4.69, 9.17) is 11.6 Å². The number of hydrogen-bond donors (Lipinski definition) is 1. The van der Waals surface area contributed by atoms with Crippen LogP contribution < -0.4 is 9.62 Å². The van der Waals surface area contributed by atoms with Crippen molar-refractivity contribution in [1.82, 2.24) is 10.2 Å². The number of halogens is 2. The lowest BCUT2D eigenvalue weighted by atomic mass is 9.95. The maximum Gasteiger partial charge on any atom is 0.244 e. The molecule has 0 heterocycles. The van der Waals surface area contributed by atoms with Gasteiger partial charge in [0.25, 0.3) is 0 Å². The number of nitrogens with zero attached hydrogens (tertiary/aromatic N) is 2. The van der Waals surface area contributed by atoms with Gasteiger partial charge in [0.15, 0.2) is 0 Å². The topological polar surface area (TPSA) is 86.8 Å². The lowest BCUT2D eigenvalue weighted by molar-refractivity contribution is -0.140. The van der Waals surface area contributed by atoms with Crippen molar-refractivity contribution in [2.75, 3.05) is 17.1 Å². The Morgan fingerprint density at radius 1 is 1.06 bits per heavy atom. The van der Waals surface area contributed by atoms with Crippen LogP contribution in [0.4, 0.5) is 5.69 Å². The molecule has 36 heavy (non-hydrogen) atoms. The van der Waals surface area contributed by atoms with E-state index in [2.05, 4.69) is 21.2 Å². The first-order valence-electron chi connectivity index (χ1n) is 12.2. The number of benzene rings is 2. The van der Waals surface area contributed by atoms with Crippen molar-refractivity contribution in [2.24, 2.45) is 0 Å². The van der Waals surface area contributed by atoms with Gasteiger partial charge in [-0.3, -0.25) is 13.9 Å². The highest BCUT2D eigenvalue weighted by Gasteiger charge is 2.32. The summed E-state index contributed by atoms with van der Waals surface area (Å²) in [7, 11) is -3.76. The Bertz CT molecular complexity index is 1140. The normalized spacial score (nSPS) is 15.2. The largest absolute Gasteiger partial charge is 0.352 e. The molecular formula is C26H33BrClN3O4S. The zero-order valence-corrected chi connectivity index (χ0v) is 23.8. The average molecular weight is 599 g/mol. The van der Waals surface area contributed by atoms with Crippen LogP contribution in [0.3, 0.4) is 0 Å². The van der Waals surface area contributed by atoms with Crippen LogP contribution >= 0.6 is 27.5 Å². The minimum atomic E-state index is -3.76. The van der Waals surface area contributed by atoms with E-state index >= 15 is 0 Å². The summed E-state index contributed by atoms with van der Waals surface area (Å²) >= 11 is 9.39. The highest BCUT2D eigenvalue weighted by Crippen LogP contribution is 2.23. The Morgan fingerprint density at radius 3 is 2.22 bits per heavy atom. The molecule has 2 aromatic carbocycles. The van der Waals surface area contributed by atoms with E-state index in [0.717, 1.165) is 46.3 Å². The summed E-state index contributed by atoms with van der Waals surface area (Å²) in [4.78, 5) is 28.6. The molecule has 1 atom stereocenters. The lowest BCUT2D eigenvalue weighted by Crippen LogP contribution is -2.53. The summed E-state index contributed by atoms with van der Waals surface area (Å²) < 4.78 is 27.2. The Labute approximate surface area is 227 Å². The van der Waals surface area contributed by atoms with Gasteiger partial charge in [-0.05, 0) is 61.2 Å². The number of hydrogen-bond acceptors (Lipinski definition) is 4. The van der Waals surface area contributed by atoms with Gasteiger partial charge in [-0.25, -0.2) is 8.42 Å². The van der Waals surface area contributed by atoms with Crippen LogP contribution in [-0.4, -0.2) is 50.0 Å². The van der Waals surface area contributed by atoms with Crippen molar-refractivity contribution in [3.8, 4) is 0 Å². The van der Waals surface area contributed by atoms with E-state index in [-0.39, 0.29) is 18.5 Å². The SMILES string of the molecule is CCC(C(=O)NC1CCCCC1)N(Cc1ccc(Cl)cc1)C(=O)CN(c1ccc(Br)cc1)S(C)(=O)=O. The van der Waals surface area contributed by atoms with Crippen molar-refractivity contribution in [3.05, 3.63) is 63.6 Å². The van der Waals surface area contributed by atoms with Crippen LogP contribution in [0.25, 0.3) is 0 Å². The Morgan fingerprint density at radius 2 is 1.67 bits per heavy atom. The minimum absolute atomic E-state index is 0.100. The molecule has 2 amide bonds. The predicted octanol–water partition coefficient (Wildman–Crippen LogP) is 5.12. The Balaban J connectivity index is 1.89. The summed E-state index contributed by atoms with van der Waals surface area (Å²) in [6.07, 6.45) is 6.64. The first-order valence-corrected chi connectivity index (χ1v) is 15.2.